The third-order valence-electron chi connectivity index (χ3n) is 3.84. The number of hydrogen-bond donors (Lipinski definition) is 2. The normalized spacial score (nSPS) is 18.9. The average Bonchev–Trinajstić information content (AvgIpc) is 3.30. The fourth-order valence-corrected chi connectivity index (χ4v) is 2.47. The Morgan fingerprint density at radius 3 is 2.35 bits per heavy atom. The molecule has 2 heterocycles. The lowest BCUT2D eigenvalue weighted by atomic mass is 10.1. The number of nitrogens with zero attached hydrogens (tertiary/aromatic N) is 4. The zero-order chi connectivity index (χ0) is 13.8. The highest BCUT2D eigenvalue weighted by Gasteiger charge is 2.22. The Bertz CT molecular complexity index is 439. The first kappa shape index (κ1) is 13.4. The molecule has 3 rings (SSSR count). The average molecular weight is 276 g/mol. The van der Waals surface area contributed by atoms with E-state index in [1.807, 2.05) is 0 Å². The van der Waals surface area contributed by atoms with E-state index in [9.17, 15) is 0 Å². The maximum Gasteiger partial charge on any atom is 0.231 e. The van der Waals surface area contributed by atoms with Gasteiger partial charge in [-0.3, -0.25) is 0 Å². The van der Waals surface area contributed by atoms with Crippen LogP contribution in [0.15, 0.2) is 0 Å². The second-order valence-corrected chi connectivity index (χ2v) is 5.68. The molecule has 1 aliphatic carbocycles. The van der Waals surface area contributed by atoms with Crippen molar-refractivity contribution in [3.63, 3.8) is 0 Å². The highest BCUT2D eigenvalue weighted by Crippen LogP contribution is 2.28. The summed E-state index contributed by atoms with van der Waals surface area (Å²) in [5.74, 6) is 3.02. The Morgan fingerprint density at radius 2 is 1.70 bits per heavy atom. The summed E-state index contributed by atoms with van der Waals surface area (Å²) in [6.07, 6.45) is 6.43. The van der Waals surface area contributed by atoms with Gasteiger partial charge in [-0.05, 0) is 44.9 Å². The van der Waals surface area contributed by atoms with E-state index in [0.29, 0.717) is 11.9 Å². The zero-order valence-electron chi connectivity index (χ0n) is 12.2. The summed E-state index contributed by atoms with van der Waals surface area (Å²) in [4.78, 5) is 15.9. The molecule has 110 valence electrons. The molecule has 0 amide bonds. The van der Waals surface area contributed by atoms with Gasteiger partial charge in [0, 0.05) is 26.2 Å². The molecular weight excluding hydrogens is 252 g/mol. The van der Waals surface area contributed by atoms with Gasteiger partial charge in [-0.1, -0.05) is 0 Å². The van der Waals surface area contributed by atoms with Crippen molar-refractivity contribution in [2.45, 2.75) is 39.0 Å². The van der Waals surface area contributed by atoms with Gasteiger partial charge in [0.15, 0.2) is 0 Å². The summed E-state index contributed by atoms with van der Waals surface area (Å²) in [5, 5.41) is 6.56. The van der Waals surface area contributed by atoms with E-state index in [1.54, 1.807) is 0 Å². The van der Waals surface area contributed by atoms with Crippen molar-refractivity contribution in [3.8, 4) is 0 Å². The predicted octanol–water partition coefficient (Wildman–Crippen LogP) is 2.12. The Hall–Kier alpha value is -1.59. The lowest BCUT2D eigenvalue weighted by Crippen LogP contribution is -2.31. The fourth-order valence-electron chi connectivity index (χ4n) is 2.47. The third kappa shape index (κ3) is 3.49. The molecule has 2 N–H and O–H groups in total. The van der Waals surface area contributed by atoms with E-state index in [1.165, 1.54) is 32.1 Å². The summed E-state index contributed by atoms with van der Waals surface area (Å²) in [5.41, 5.74) is 0. The largest absolute Gasteiger partial charge is 0.354 e. The van der Waals surface area contributed by atoms with Crippen molar-refractivity contribution in [1.29, 1.82) is 0 Å². The first-order chi connectivity index (χ1) is 9.85. The van der Waals surface area contributed by atoms with Crippen molar-refractivity contribution in [3.05, 3.63) is 0 Å². The van der Waals surface area contributed by atoms with Crippen molar-refractivity contribution >= 4 is 17.8 Å². The molecule has 0 radical (unpaired) electrons. The predicted molar refractivity (Wildman–Crippen MR) is 81.3 cm³/mol. The number of hydrogen-bond acceptors (Lipinski definition) is 6. The highest BCUT2D eigenvalue weighted by molar-refractivity contribution is 5.44. The first-order valence-electron chi connectivity index (χ1n) is 7.84. The van der Waals surface area contributed by atoms with Crippen LogP contribution in [-0.4, -0.2) is 41.1 Å². The number of piperidine rings is 1. The number of nitrogens with one attached hydrogen (secondary N) is 2. The van der Waals surface area contributed by atoms with Crippen molar-refractivity contribution in [2.24, 2.45) is 5.92 Å². The fraction of sp³-hybridized carbons (Fsp3) is 0.786. The van der Waals surface area contributed by atoms with E-state index in [2.05, 4.69) is 37.4 Å². The summed E-state index contributed by atoms with van der Waals surface area (Å²) in [6, 6.07) is 0. The van der Waals surface area contributed by atoms with E-state index < -0.39 is 0 Å². The van der Waals surface area contributed by atoms with Gasteiger partial charge in [0.1, 0.15) is 0 Å². The number of anilines is 3. The van der Waals surface area contributed by atoms with Gasteiger partial charge in [-0.25, -0.2) is 0 Å². The second-order valence-electron chi connectivity index (χ2n) is 5.68. The Labute approximate surface area is 120 Å². The Balaban J connectivity index is 1.74. The highest BCUT2D eigenvalue weighted by atomic mass is 15.3. The SMILES string of the molecule is CCNc1nc(NCC2CC2)nc(N2CCCCC2)n1. The molecule has 0 aromatic carbocycles. The van der Waals surface area contributed by atoms with Crippen LogP contribution in [0.25, 0.3) is 0 Å². The third-order valence-corrected chi connectivity index (χ3v) is 3.84. The second kappa shape index (κ2) is 6.24. The summed E-state index contributed by atoms with van der Waals surface area (Å²) in [7, 11) is 0. The molecular formula is C14H24N6. The zero-order valence-corrected chi connectivity index (χ0v) is 12.2. The van der Waals surface area contributed by atoms with Crippen molar-refractivity contribution in [2.75, 3.05) is 41.7 Å². The summed E-state index contributed by atoms with van der Waals surface area (Å²) in [6.45, 7) is 5.97. The quantitative estimate of drug-likeness (QED) is 0.829. The van der Waals surface area contributed by atoms with Gasteiger partial charge < -0.3 is 15.5 Å². The minimum Gasteiger partial charge on any atom is -0.354 e. The maximum absolute atomic E-state index is 4.59. The summed E-state index contributed by atoms with van der Waals surface area (Å²) >= 11 is 0. The Kier molecular flexibility index (Phi) is 4.18. The Morgan fingerprint density at radius 1 is 1.00 bits per heavy atom. The molecule has 6 heteroatoms. The molecule has 0 atom stereocenters. The molecule has 20 heavy (non-hydrogen) atoms. The molecule has 2 aliphatic rings. The van der Waals surface area contributed by atoms with E-state index in [-0.39, 0.29) is 0 Å². The molecule has 0 unspecified atom stereocenters. The van der Waals surface area contributed by atoms with Gasteiger partial charge in [0.05, 0.1) is 0 Å². The van der Waals surface area contributed by atoms with Crippen molar-refractivity contribution in [1.82, 2.24) is 15.0 Å². The van der Waals surface area contributed by atoms with Crippen LogP contribution < -0.4 is 15.5 Å². The molecule has 1 aromatic rings. The van der Waals surface area contributed by atoms with Crippen LogP contribution in [-0.2, 0) is 0 Å². The molecule has 1 aliphatic heterocycles. The minimum atomic E-state index is 0.682. The monoisotopic (exact) mass is 276 g/mol. The topological polar surface area (TPSA) is 66.0 Å². The van der Waals surface area contributed by atoms with Crippen LogP contribution in [0, 0.1) is 5.92 Å². The van der Waals surface area contributed by atoms with E-state index >= 15 is 0 Å². The lowest BCUT2D eigenvalue weighted by molar-refractivity contribution is 0.567. The van der Waals surface area contributed by atoms with Crippen LogP contribution in [0.3, 0.4) is 0 Å². The minimum absolute atomic E-state index is 0.682. The lowest BCUT2D eigenvalue weighted by Gasteiger charge is -2.27. The van der Waals surface area contributed by atoms with E-state index in [4.69, 9.17) is 0 Å². The van der Waals surface area contributed by atoms with Crippen LogP contribution in [0.2, 0.25) is 0 Å². The van der Waals surface area contributed by atoms with Crippen LogP contribution in [0.5, 0.6) is 0 Å². The van der Waals surface area contributed by atoms with Gasteiger partial charge >= 0.3 is 0 Å². The van der Waals surface area contributed by atoms with Gasteiger partial charge in [0.25, 0.3) is 0 Å². The van der Waals surface area contributed by atoms with Crippen LogP contribution >= 0.6 is 0 Å². The van der Waals surface area contributed by atoms with Crippen LogP contribution in [0.1, 0.15) is 39.0 Å². The molecule has 6 nitrogen and oxygen atoms in total. The number of rotatable bonds is 6. The number of aromatic nitrogens is 3. The standard InChI is InChI=1S/C14H24N6/c1-2-15-12-17-13(16-10-11-6-7-11)19-14(18-12)20-8-4-3-5-9-20/h11H,2-10H2,1H3,(H2,15,16,17,18,19). The van der Waals surface area contributed by atoms with Gasteiger partial charge in [0.2, 0.25) is 17.8 Å². The van der Waals surface area contributed by atoms with E-state index in [0.717, 1.165) is 38.0 Å². The maximum atomic E-state index is 4.59. The van der Waals surface area contributed by atoms with Crippen molar-refractivity contribution < 1.29 is 0 Å². The molecule has 1 saturated heterocycles. The first-order valence-corrected chi connectivity index (χ1v) is 7.84. The molecule has 2 fully saturated rings. The van der Waals surface area contributed by atoms with Crippen LogP contribution in [0.4, 0.5) is 17.8 Å². The smallest absolute Gasteiger partial charge is 0.231 e. The molecule has 0 bridgehead atoms. The van der Waals surface area contributed by atoms with Gasteiger partial charge in [-0.15, -0.1) is 0 Å². The van der Waals surface area contributed by atoms with Gasteiger partial charge in [-0.2, -0.15) is 15.0 Å². The summed E-state index contributed by atoms with van der Waals surface area (Å²) < 4.78 is 0. The molecule has 1 saturated carbocycles. The molecule has 1 aromatic heterocycles. The molecule has 0 spiro atoms.